The Balaban J connectivity index is 2.14. The molecule has 0 aromatic heterocycles. The fourth-order valence-electron chi connectivity index (χ4n) is 2.15. The second-order valence-corrected chi connectivity index (χ2v) is 5.32. The molecule has 1 unspecified atom stereocenters. The molecule has 0 radical (unpaired) electrons. The number of benzene rings is 2. The molecule has 0 spiro atoms. The van der Waals surface area contributed by atoms with Crippen LogP contribution >= 0.6 is 0 Å². The van der Waals surface area contributed by atoms with E-state index in [2.05, 4.69) is 19.2 Å². The van der Waals surface area contributed by atoms with E-state index in [1.165, 1.54) is 11.6 Å². The van der Waals surface area contributed by atoms with Crippen LogP contribution in [0.25, 0.3) is 0 Å². The predicted octanol–water partition coefficient (Wildman–Crippen LogP) is 4.90. The molecule has 0 bridgehead atoms. The van der Waals surface area contributed by atoms with Crippen LogP contribution in [-0.4, -0.2) is 5.91 Å². The van der Waals surface area contributed by atoms with E-state index in [9.17, 15) is 9.18 Å². The van der Waals surface area contributed by atoms with Gasteiger partial charge in [-0.25, -0.2) is 4.39 Å². The second kappa shape index (κ2) is 6.53. The van der Waals surface area contributed by atoms with Crippen LogP contribution < -0.4 is 5.32 Å². The Labute approximate surface area is 125 Å². The third kappa shape index (κ3) is 3.48. The molecule has 0 aliphatic carbocycles. The number of hydrogen-bond donors (Lipinski definition) is 1. The first-order chi connectivity index (χ1) is 10.0. The van der Waals surface area contributed by atoms with Crippen molar-refractivity contribution in [3.8, 4) is 0 Å². The van der Waals surface area contributed by atoms with Gasteiger partial charge < -0.3 is 5.32 Å². The molecule has 0 fully saturated rings. The average molecular weight is 285 g/mol. The standard InChI is InChI=1S/C18H20FNO/c1-4-12(2)14-8-10-15(11-9-14)20-18(21)16-7-5-6-13(3)17(16)19/h5-12H,4H2,1-3H3,(H,20,21). The summed E-state index contributed by atoms with van der Waals surface area (Å²) >= 11 is 0. The third-order valence-electron chi connectivity index (χ3n) is 3.79. The molecule has 1 N–H and O–H groups in total. The molecule has 2 aromatic carbocycles. The molecule has 1 atom stereocenters. The summed E-state index contributed by atoms with van der Waals surface area (Å²) in [7, 11) is 0. The van der Waals surface area contributed by atoms with E-state index in [0.29, 0.717) is 17.2 Å². The highest BCUT2D eigenvalue weighted by molar-refractivity contribution is 6.04. The minimum absolute atomic E-state index is 0.0704. The Morgan fingerprint density at radius 2 is 1.86 bits per heavy atom. The monoisotopic (exact) mass is 285 g/mol. The van der Waals surface area contributed by atoms with Crippen molar-refractivity contribution < 1.29 is 9.18 Å². The fourth-order valence-corrected chi connectivity index (χ4v) is 2.15. The Kier molecular flexibility index (Phi) is 4.73. The van der Waals surface area contributed by atoms with E-state index >= 15 is 0 Å². The topological polar surface area (TPSA) is 29.1 Å². The summed E-state index contributed by atoms with van der Waals surface area (Å²) in [4.78, 5) is 12.1. The van der Waals surface area contributed by atoms with Crippen molar-refractivity contribution in [2.75, 3.05) is 5.32 Å². The van der Waals surface area contributed by atoms with Crippen LogP contribution in [0.15, 0.2) is 42.5 Å². The first-order valence-corrected chi connectivity index (χ1v) is 7.19. The molecule has 0 saturated carbocycles. The second-order valence-electron chi connectivity index (χ2n) is 5.32. The van der Waals surface area contributed by atoms with E-state index in [1.54, 1.807) is 19.1 Å². The maximum Gasteiger partial charge on any atom is 0.258 e. The molecule has 0 aliphatic heterocycles. The number of aryl methyl sites for hydroxylation is 1. The summed E-state index contributed by atoms with van der Waals surface area (Å²) in [5.41, 5.74) is 2.45. The van der Waals surface area contributed by atoms with Gasteiger partial charge in [0.05, 0.1) is 5.56 Å². The van der Waals surface area contributed by atoms with Crippen molar-refractivity contribution in [3.63, 3.8) is 0 Å². The minimum atomic E-state index is -0.466. The number of halogens is 1. The zero-order valence-electron chi connectivity index (χ0n) is 12.6. The highest BCUT2D eigenvalue weighted by Crippen LogP contribution is 2.21. The van der Waals surface area contributed by atoms with Gasteiger partial charge in [-0.15, -0.1) is 0 Å². The summed E-state index contributed by atoms with van der Waals surface area (Å²) in [5.74, 6) is -0.400. The lowest BCUT2D eigenvalue weighted by atomic mass is 9.98. The molecular weight excluding hydrogens is 265 g/mol. The van der Waals surface area contributed by atoms with Gasteiger partial charge in [0.25, 0.3) is 5.91 Å². The maximum atomic E-state index is 13.9. The summed E-state index contributed by atoms with van der Waals surface area (Å²) < 4.78 is 13.9. The summed E-state index contributed by atoms with van der Waals surface area (Å²) in [6.45, 7) is 5.95. The third-order valence-corrected chi connectivity index (χ3v) is 3.79. The number of hydrogen-bond acceptors (Lipinski definition) is 1. The number of anilines is 1. The molecule has 0 aliphatic rings. The van der Waals surface area contributed by atoms with Gasteiger partial charge in [-0.3, -0.25) is 4.79 Å². The molecule has 110 valence electrons. The van der Waals surface area contributed by atoms with Crippen LogP contribution in [0, 0.1) is 12.7 Å². The molecule has 0 saturated heterocycles. The first kappa shape index (κ1) is 15.2. The van der Waals surface area contributed by atoms with Crippen molar-refractivity contribution >= 4 is 11.6 Å². The van der Waals surface area contributed by atoms with Gasteiger partial charge in [0, 0.05) is 5.69 Å². The Morgan fingerprint density at radius 3 is 2.48 bits per heavy atom. The lowest BCUT2D eigenvalue weighted by molar-refractivity contribution is 0.102. The van der Waals surface area contributed by atoms with Gasteiger partial charge in [-0.1, -0.05) is 38.1 Å². The van der Waals surface area contributed by atoms with Gasteiger partial charge in [-0.2, -0.15) is 0 Å². The SMILES string of the molecule is CCC(C)c1ccc(NC(=O)c2cccc(C)c2F)cc1. The van der Waals surface area contributed by atoms with Gasteiger partial charge in [0.1, 0.15) is 5.82 Å². The highest BCUT2D eigenvalue weighted by atomic mass is 19.1. The van der Waals surface area contributed by atoms with Crippen molar-refractivity contribution in [3.05, 3.63) is 65.0 Å². The Morgan fingerprint density at radius 1 is 1.19 bits per heavy atom. The lowest BCUT2D eigenvalue weighted by Crippen LogP contribution is -2.14. The highest BCUT2D eigenvalue weighted by Gasteiger charge is 2.13. The van der Waals surface area contributed by atoms with Crippen molar-refractivity contribution in [1.82, 2.24) is 0 Å². The Hall–Kier alpha value is -2.16. The minimum Gasteiger partial charge on any atom is -0.322 e. The number of carbonyl (C=O) groups is 1. The van der Waals surface area contributed by atoms with E-state index in [-0.39, 0.29) is 5.56 Å². The van der Waals surface area contributed by atoms with Crippen LogP contribution in [0.4, 0.5) is 10.1 Å². The maximum absolute atomic E-state index is 13.9. The first-order valence-electron chi connectivity index (χ1n) is 7.19. The van der Waals surface area contributed by atoms with E-state index in [4.69, 9.17) is 0 Å². The molecular formula is C18H20FNO. The van der Waals surface area contributed by atoms with Crippen LogP contribution in [0.1, 0.15) is 47.7 Å². The van der Waals surface area contributed by atoms with Crippen molar-refractivity contribution in [2.45, 2.75) is 33.1 Å². The lowest BCUT2D eigenvalue weighted by Gasteiger charge is -2.11. The van der Waals surface area contributed by atoms with Crippen LogP contribution in [0.2, 0.25) is 0 Å². The van der Waals surface area contributed by atoms with Crippen LogP contribution in [0.3, 0.4) is 0 Å². The van der Waals surface area contributed by atoms with Crippen molar-refractivity contribution in [2.24, 2.45) is 0 Å². The molecule has 2 aromatic rings. The quantitative estimate of drug-likeness (QED) is 0.850. The van der Waals surface area contributed by atoms with E-state index in [1.807, 2.05) is 24.3 Å². The zero-order valence-corrected chi connectivity index (χ0v) is 12.6. The summed E-state index contributed by atoms with van der Waals surface area (Å²) in [5, 5.41) is 2.73. The van der Waals surface area contributed by atoms with Gasteiger partial charge >= 0.3 is 0 Å². The van der Waals surface area contributed by atoms with E-state index < -0.39 is 11.7 Å². The van der Waals surface area contributed by atoms with Crippen LogP contribution in [-0.2, 0) is 0 Å². The number of nitrogens with one attached hydrogen (secondary N) is 1. The zero-order chi connectivity index (χ0) is 15.4. The fraction of sp³-hybridized carbons (Fsp3) is 0.278. The molecule has 2 nitrogen and oxygen atoms in total. The van der Waals surface area contributed by atoms with Crippen LogP contribution in [0.5, 0.6) is 0 Å². The van der Waals surface area contributed by atoms with Gasteiger partial charge in [0.2, 0.25) is 0 Å². The predicted molar refractivity (Wildman–Crippen MR) is 84.2 cm³/mol. The molecule has 2 rings (SSSR count). The average Bonchev–Trinajstić information content (AvgIpc) is 2.50. The van der Waals surface area contributed by atoms with Gasteiger partial charge in [-0.05, 0) is 48.6 Å². The summed E-state index contributed by atoms with van der Waals surface area (Å²) in [6.07, 6.45) is 1.07. The molecule has 0 heterocycles. The summed E-state index contributed by atoms with van der Waals surface area (Å²) in [6, 6.07) is 12.5. The van der Waals surface area contributed by atoms with E-state index in [0.717, 1.165) is 6.42 Å². The van der Waals surface area contributed by atoms with Crippen molar-refractivity contribution in [1.29, 1.82) is 0 Å². The smallest absolute Gasteiger partial charge is 0.258 e. The van der Waals surface area contributed by atoms with Gasteiger partial charge in [0.15, 0.2) is 0 Å². The molecule has 1 amide bonds. The number of carbonyl (C=O) groups excluding carboxylic acids is 1. The number of amides is 1. The normalized spacial score (nSPS) is 12.0. The molecule has 21 heavy (non-hydrogen) atoms. The number of rotatable bonds is 4. The Bertz CT molecular complexity index is 634. The largest absolute Gasteiger partial charge is 0.322 e. The molecule has 3 heteroatoms.